The van der Waals surface area contributed by atoms with Crippen LogP contribution >= 0.6 is 23.2 Å². The Hall–Kier alpha value is -0.990. The highest BCUT2D eigenvalue weighted by atomic mass is 35.5. The van der Waals surface area contributed by atoms with Gasteiger partial charge in [0, 0.05) is 40.8 Å². The van der Waals surface area contributed by atoms with Crippen LogP contribution in [-0.2, 0) is 0 Å². The fourth-order valence-electron chi connectivity index (χ4n) is 2.65. The molecule has 4 heteroatoms. The van der Waals surface area contributed by atoms with Gasteiger partial charge in [-0.2, -0.15) is 0 Å². The van der Waals surface area contributed by atoms with Gasteiger partial charge in [0.1, 0.15) is 0 Å². The number of aromatic nitrogens is 1. The van der Waals surface area contributed by atoms with Crippen molar-refractivity contribution < 1.29 is 0 Å². The Bertz CT molecular complexity index is 581. The summed E-state index contributed by atoms with van der Waals surface area (Å²) < 4.78 is 0. The first-order valence-electron chi connectivity index (χ1n) is 6.66. The van der Waals surface area contributed by atoms with Crippen molar-refractivity contribution in [3.05, 3.63) is 35.5 Å². The number of fused-ring (bicyclic) bond motifs is 1. The lowest BCUT2D eigenvalue weighted by Crippen LogP contribution is -2.41. The molecule has 0 spiro atoms. The minimum Gasteiger partial charge on any atom is -0.367 e. The van der Waals surface area contributed by atoms with E-state index in [-0.39, 0.29) is 0 Å². The number of rotatable bonds is 4. The highest BCUT2D eigenvalue weighted by molar-refractivity contribution is 6.31. The highest BCUT2D eigenvalue weighted by Crippen LogP contribution is 2.34. The van der Waals surface area contributed by atoms with Crippen molar-refractivity contribution in [2.45, 2.75) is 25.3 Å². The first-order valence-corrected chi connectivity index (χ1v) is 7.58. The lowest BCUT2D eigenvalue weighted by atomic mass is 9.91. The monoisotopic (exact) mass is 294 g/mol. The molecule has 0 amide bonds. The lowest BCUT2D eigenvalue weighted by Gasteiger charge is -2.39. The maximum Gasteiger partial charge on any atom is 0.0737 e. The molecule has 0 unspecified atom stereocenters. The van der Waals surface area contributed by atoms with Crippen LogP contribution in [0.2, 0.25) is 5.02 Å². The van der Waals surface area contributed by atoms with E-state index in [1.807, 2.05) is 18.3 Å². The zero-order valence-corrected chi connectivity index (χ0v) is 12.2. The second-order valence-electron chi connectivity index (χ2n) is 4.96. The van der Waals surface area contributed by atoms with E-state index < -0.39 is 0 Å². The van der Waals surface area contributed by atoms with Crippen LogP contribution in [0.25, 0.3) is 10.9 Å². The molecule has 1 aliphatic rings. The smallest absolute Gasteiger partial charge is 0.0737 e. The lowest BCUT2D eigenvalue weighted by molar-refractivity contribution is 0.391. The molecular formula is C15H16Cl2N2. The number of nitrogens with zero attached hydrogens (tertiary/aromatic N) is 2. The predicted molar refractivity (Wildman–Crippen MR) is 82.5 cm³/mol. The van der Waals surface area contributed by atoms with E-state index in [4.69, 9.17) is 23.2 Å². The minimum atomic E-state index is 0.625. The molecule has 1 aromatic carbocycles. The third kappa shape index (κ3) is 2.52. The number of anilines is 1. The standard InChI is InChI=1S/C15H16Cl2N2/c16-7-9-19(12-2-1-3-12)15-6-8-18-14-10-11(17)4-5-13(14)15/h4-6,8,10,12H,1-3,7,9H2. The third-order valence-corrected chi connectivity index (χ3v) is 4.24. The number of halogens is 2. The molecule has 1 saturated carbocycles. The molecule has 2 aromatic rings. The Kier molecular flexibility index (Phi) is 3.81. The van der Waals surface area contributed by atoms with Gasteiger partial charge in [-0.05, 0) is 43.5 Å². The number of benzene rings is 1. The fourth-order valence-corrected chi connectivity index (χ4v) is 2.99. The van der Waals surface area contributed by atoms with E-state index >= 15 is 0 Å². The average Bonchev–Trinajstić information content (AvgIpc) is 2.35. The summed E-state index contributed by atoms with van der Waals surface area (Å²) in [6.45, 7) is 0.883. The highest BCUT2D eigenvalue weighted by Gasteiger charge is 2.25. The summed E-state index contributed by atoms with van der Waals surface area (Å²) >= 11 is 12.0. The number of pyridine rings is 1. The SMILES string of the molecule is ClCCN(c1ccnc2cc(Cl)ccc12)C1CCC1. The Morgan fingerprint density at radius 3 is 2.79 bits per heavy atom. The van der Waals surface area contributed by atoms with E-state index in [9.17, 15) is 0 Å². The quantitative estimate of drug-likeness (QED) is 0.773. The molecule has 1 aliphatic carbocycles. The second-order valence-corrected chi connectivity index (χ2v) is 5.77. The molecule has 1 aromatic heterocycles. The largest absolute Gasteiger partial charge is 0.367 e. The Labute approximate surface area is 123 Å². The first-order chi connectivity index (χ1) is 9.29. The van der Waals surface area contributed by atoms with Gasteiger partial charge >= 0.3 is 0 Å². The molecule has 0 saturated heterocycles. The molecule has 0 N–H and O–H groups in total. The van der Waals surface area contributed by atoms with Crippen LogP contribution in [-0.4, -0.2) is 23.5 Å². The fraction of sp³-hybridized carbons (Fsp3) is 0.400. The summed E-state index contributed by atoms with van der Waals surface area (Å²) in [5, 5.41) is 1.88. The molecular weight excluding hydrogens is 279 g/mol. The molecule has 0 bridgehead atoms. The Morgan fingerprint density at radius 1 is 1.26 bits per heavy atom. The van der Waals surface area contributed by atoms with Crippen molar-refractivity contribution in [3.63, 3.8) is 0 Å². The number of hydrogen-bond acceptors (Lipinski definition) is 2. The van der Waals surface area contributed by atoms with Crippen LogP contribution < -0.4 is 4.90 Å². The molecule has 0 atom stereocenters. The minimum absolute atomic E-state index is 0.625. The molecule has 2 nitrogen and oxygen atoms in total. The van der Waals surface area contributed by atoms with Gasteiger partial charge in [0.25, 0.3) is 0 Å². The van der Waals surface area contributed by atoms with Crippen LogP contribution in [0, 0.1) is 0 Å². The van der Waals surface area contributed by atoms with E-state index in [1.54, 1.807) is 0 Å². The van der Waals surface area contributed by atoms with Crippen molar-refractivity contribution in [1.29, 1.82) is 0 Å². The van der Waals surface area contributed by atoms with E-state index in [1.165, 1.54) is 24.9 Å². The van der Waals surface area contributed by atoms with E-state index in [0.717, 1.165) is 22.5 Å². The molecule has 100 valence electrons. The van der Waals surface area contributed by atoms with Gasteiger partial charge < -0.3 is 4.90 Å². The molecule has 1 heterocycles. The Morgan fingerprint density at radius 2 is 2.11 bits per heavy atom. The normalized spacial score (nSPS) is 15.5. The van der Waals surface area contributed by atoms with Gasteiger partial charge in [-0.3, -0.25) is 4.98 Å². The summed E-state index contributed by atoms with van der Waals surface area (Å²) in [6.07, 6.45) is 5.69. The summed E-state index contributed by atoms with van der Waals surface area (Å²) in [5.41, 5.74) is 2.18. The van der Waals surface area contributed by atoms with Crippen molar-refractivity contribution >= 4 is 39.8 Å². The number of alkyl halides is 1. The average molecular weight is 295 g/mol. The van der Waals surface area contributed by atoms with Crippen molar-refractivity contribution in [2.24, 2.45) is 0 Å². The van der Waals surface area contributed by atoms with E-state index in [2.05, 4.69) is 22.0 Å². The first kappa shape index (κ1) is 13.0. The van der Waals surface area contributed by atoms with Crippen LogP contribution in [0.5, 0.6) is 0 Å². The second kappa shape index (κ2) is 5.56. The van der Waals surface area contributed by atoms with Gasteiger partial charge in [-0.1, -0.05) is 11.6 Å². The van der Waals surface area contributed by atoms with Gasteiger partial charge in [0.05, 0.1) is 5.52 Å². The molecule has 0 radical (unpaired) electrons. The third-order valence-electron chi connectivity index (χ3n) is 3.83. The van der Waals surface area contributed by atoms with Crippen LogP contribution in [0.15, 0.2) is 30.5 Å². The summed E-state index contributed by atoms with van der Waals surface area (Å²) in [4.78, 5) is 6.83. The topological polar surface area (TPSA) is 16.1 Å². The van der Waals surface area contributed by atoms with Gasteiger partial charge in [-0.15, -0.1) is 11.6 Å². The van der Waals surface area contributed by atoms with Crippen molar-refractivity contribution in [2.75, 3.05) is 17.3 Å². The predicted octanol–water partition coefficient (Wildman–Crippen LogP) is 4.49. The van der Waals surface area contributed by atoms with Gasteiger partial charge in [-0.25, -0.2) is 0 Å². The molecule has 3 rings (SSSR count). The zero-order chi connectivity index (χ0) is 13.2. The number of hydrogen-bond donors (Lipinski definition) is 0. The van der Waals surface area contributed by atoms with E-state index in [0.29, 0.717) is 11.9 Å². The summed E-state index contributed by atoms with van der Waals surface area (Å²) in [7, 11) is 0. The van der Waals surface area contributed by atoms with Crippen LogP contribution in [0.4, 0.5) is 5.69 Å². The van der Waals surface area contributed by atoms with Crippen molar-refractivity contribution in [1.82, 2.24) is 4.98 Å². The maximum absolute atomic E-state index is 6.04. The summed E-state index contributed by atoms with van der Waals surface area (Å²) in [6, 6.07) is 8.61. The molecule has 0 aliphatic heterocycles. The molecule has 1 fully saturated rings. The molecule has 19 heavy (non-hydrogen) atoms. The van der Waals surface area contributed by atoms with Gasteiger partial charge in [0.15, 0.2) is 0 Å². The maximum atomic E-state index is 6.04. The van der Waals surface area contributed by atoms with Crippen LogP contribution in [0.1, 0.15) is 19.3 Å². The van der Waals surface area contributed by atoms with Crippen molar-refractivity contribution in [3.8, 4) is 0 Å². The van der Waals surface area contributed by atoms with Gasteiger partial charge in [0.2, 0.25) is 0 Å². The summed E-state index contributed by atoms with van der Waals surface area (Å²) in [5.74, 6) is 0.647. The Balaban J connectivity index is 2.06. The van der Waals surface area contributed by atoms with Crippen LogP contribution in [0.3, 0.4) is 0 Å². The zero-order valence-electron chi connectivity index (χ0n) is 10.6.